The lowest BCUT2D eigenvalue weighted by atomic mass is 10.1. The third-order valence-electron chi connectivity index (χ3n) is 3.30. The molecule has 1 heterocycles. The maximum absolute atomic E-state index is 10.7. The SMILES string of the molecule is CC1CN(Cc2ccc([N+](=O)[O-])c(N)c2)CC(CO)O1. The Morgan fingerprint density at radius 1 is 1.55 bits per heavy atom. The van der Waals surface area contributed by atoms with Gasteiger partial charge in [0.05, 0.1) is 23.7 Å². The first-order chi connectivity index (χ1) is 9.49. The van der Waals surface area contributed by atoms with E-state index in [0.29, 0.717) is 13.1 Å². The van der Waals surface area contributed by atoms with Crippen LogP contribution in [-0.2, 0) is 11.3 Å². The minimum atomic E-state index is -0.488. The van der Waals surface area contributed by atoms with Gasteiger partial charge in [0.2, 0.25) is 0 Å². The van der Waals surface area contributed by atoms with Crippen LogP contribution in [-0.4, -0.2) is 46.8 Å². The van der Waals surface area contributed by atoms with Crippen molar-refractivity contribution < 1.29 is 14.8 Å². The molecule has 2 unspecified atom stereocenters. The van der Waals surface area contributed by atoms with Crippen LogP contribution in [0, 0.1) is 10.1 Å². The van der Waals surface area contributed by atoms with E-state index in [1.807, 2.05) is 6.92 Å². The van der Waals surface area contributed by atoms with E-state index in [4.69, 9.17) is 10.5 Å². The number of nitrogen functional groups attached to an aromatic ring is 1. The van der Waals surface area contributed by atoms with Gasteiger partial charge in [-0.1, -0.05) is 6.07 Å². The maximum atomic E-state index is 10.7. The highest BCUT2D eigenvalue weighted by Gasteiger charge is 2.25. The molecule has 0 amide bonds. The van der Waals surface area contributed by atoms with Gasteiger partial charge in [0, 0.05) is 25.7 Å². The molecule has 3 N–H and O–H groups in total. The Bertz CT molecular complexity index is 495. The van der Waals surface area contributed by atoms with Gasteiger partial charge in [-0.2, -0.15) is 0 Å². The van der Waals surface area contributed by atoms with E-state index in [2.05, 4.69) is 4.90 Å². The Morgan fingerprint density at radius 2 is 2.30 bits per heavy atom. The number of hydrogen-bond donors (Lipinski definition) is 2. The largest absolute Gasteiger partial charge is 0.394 e. The second kappa shape index (κ2) is 6.17. The average Bonchev–Trinajstić information content (AvgIpc) is 2.37. The van der Waals surface area contributed by atoms with Crippen molar-refractivity contribution in [3.05, 3.63) is 33.9 Å². The Morgan fingerprint density at radius 3 is 2.90 bits per heavy atom. The van der Waals surface area contributed by atoms with E-state index in [9.17, 15) is 15.2 Å². The number of rotatable bonds is 4. The number of aliphatic hydroxyl groups is 1. The van der Waals surface area contributed by atoms with Crippen molar-refractivity contribution in [1.29, 1.82) is 0 Å². The molecule has 1 aliphatic rings. The predicted molar refractivity (Wildman–Crippen MR) is 74.2 cm³/mol. The van der Waals surface area contributed by atoms with Gasteiger partial charge in [-0.25, -0.2) is 0 Å². The van der Waals surface area contributed by atoms with E-state index >= 15 is 0 Å². The standard InChI is InChI=1S/C13H19N3O4/c1-9-5-15(7-11(8-17)20-9)6-10-2-3-13(16(18)19)12(14)4-10/h2-4,9,11,17H,5-8,14H2,1H3. The summed E-state index contributed by atoms with van der Waals surface area (Å²) in [6, 6.07) is 4.77. The summed E-state index contributed by atoms with van der Waals surface area (Å²) in [5.74, 6) is 0. The smallest absolute Gasteiger partial charge is 0.292 e. The van der Waals surface area contributed by atoms with E-state index < -0.39 is 4.92 Å². The summed E-state index contributed by atoms with van der Waals surface area (Å²) < 4.78 is 5.57. The summed E-state index contributed by atoms with van der Waals surface area (Å²) in [5.41, 5.74) is 6.70. The van der Waals surface area contributed by atoms with Crippen LogP contribution in [0.15, 0.2) is 18.2 Å². The zero-order valence-electron chi connectivity index (χ0n) is 11.4. The van der Waals surface area contributed by atoms with Crippen LogP contribution in [0.3, 0.4) is 0 Å². The number of nitro groups is 1. The van der Waals surface area contributed by atoms with Gasteiger partial charge < -0.3 is 15.6 Å². The lowest BCUT2D eigenvalue weighted by Crippen LogP contribution is -2.47. The Labute approximate surface area is 117 Å². The first-order valence-electron chi connectivity index (χ1n) is 6.51. The molecule has 7 nitrogen and oxygen atoms in total. The summed E-state index contributed by atoms with van der Waals surface area (Å²) in [6.07, 6.45) is -0.134. The quantitative estimate of drug-likeness (QED) is 0.480. The number of morpholine rings is 1. The third-order valence-corrected chi connectivity index (χ3v) is 3.30. The fraction of sp³-hybridized carbons (Fsp3) is 0.538. The van der Waals surface area contributed by atoms with Crippen molar-refractivity contribution in [3.8, 4) is 0 Å². The molecule has 0 aliphatic carbocycles. The molecule has 1 fully saturated rings. The van der Waals surface area contributed by atoms with Gasteiger partial charge in [-0.3, -0.25) is 15.0 Å². The van der Waals surface area contributed by atoms with Gasteiger partial charge in [0.25, 0.3) is 5.69 Å². The van der Waals surface area contributed by atoms with E-state index in [-0.39, 0.29) is 30.2 Å². The molecule has 20 heavy (non-hydrogen) atoms. The summed E-state index contributed by atoms with van der Waals surface area (Å²) in [7, 11) is 0. The monoisotopic (exact) mass is 281 g/mol. The van der Waals surface area contributed by atoms with Crippen LogP contribution < -0.4 is 5.73 Å². The summed E-state index contributed by atoms with van der Waals surface area (Å²) in [6.45, 7) is 3.97. The van der Waals surface area contributed by atoms with Crippen LogP contribution in [0.4, 0.5) is 11.4 Å². The molecular formula is C13H19N3O4. The van der Waals surface area contributed by atoms with Crippen LogP contribution in [0.1, 0.15) is 12.5 Å². The molecule has 7 heteroatoms. The highest BCUT2D eigenvalue weighted by molar-refractivity contribution is 5.59. The molecule has 2 rings (SSSR count). The molecule has 0 radical (unpaired) electrons. The fourth-order valence-corrected chi connectivity index (χ4v) is 2.50. The van der Waals surface area contributed by atoms with Crippen molar-refractivity contribution >= 4 is 11.4 Å². The first kappa shape index (κ1) is 14.7. The van der Waals surface area contributed by atoms with Crippen LogP contribution in [0.25, 0.3) is 0 Å². The number of hydrogen-bond acceptors (Lipinski definition) is 6. The van der Waals surface area contributed by atoms with E-state index in [0.717, 1.165) is 12.1 Å². The van der Waals surface area contributed by atoms with Gasteiger partial charge in [-0.05, 0) is 18.6 Å². The van der Waals surface area contributed by atoms with Crippen LogP contribution in [0.2, 0.25) is 0 Å². The number of nitro benzene ring substituents is 1. The first-order valence-corrected chi connectivity index (χ1v) is 6.51. The third kappa shape index (κ3) is 3.44. The van der Waals surface area contributed by atoms with E-state index in [1.165, 1.54) is 6.07 Å². The second-order valence-electron chi connectivity index (χ2n) is 5.10. The predicted octanol–water partition coefficient (Wildman–Crippen LogP) is 0.759. The molecule has 0 spiro atoms. The number of benzene rings is 1. The fourth-order valence-electron chi connectivity index (χ4n) is 2.50. The normalized spacial score (nSPS) is 23.7. The summed E-state index contributed by atoms with van der Waals surface area (Å²) in [5, 5.41) is 19.9. The molecule has 1 saturated heterocycles. The second-order valence-corrected chi connectivity index (χ2v) is 5.10. The summed E-state index contributed by atoms with van der Waals surface area (Å²) in [4.78, 5) is 12.4. The molecule has 110 valence electrons. The van der Waals surface area contributed by atoms with Gasteiger partial charge >= 0.3 is 0 Å². The number of anilines is 1. The van der Waals surface area contributed by atoms with Gasteiger partial charge in [0.1, 0.15) is 5.69 Å². The van der Waals surface area contributed by atoms with Crippen molar-refractivity contribution in [2.24, 2.45) is 0 Å². The maximum Gasteiger partial charge on any atom is 0.292 e. The highest BCUT2D eigenvalue weighted by Crippen LogP contribution is 2.23. The number of ether oxygens (including phenoxy) is 1. The molecule has 0 saturated carbocycles. The minimum absolute atomic E-state index is 0.0107. The lowest BCUT2D eigenvalue weighted by Gasteiger charge is -2.36. The van der Waals surface area contributed by atoms with Crippen LogP contribution in [0.5, 0.6) is 0 Å². The number of nitrogens with two attached hydrogens (primary N) is 1. The van der Waals surface area contributed by atoms with Gasteiger partial charge in [-0.15, -0.1) is 0 Å². The molecule has 1 aromatic carbocycles. The van der Waals surface area contributed by atoms with Gasteiger partial charge in [0.15, 0.2) is 0 Å². The number of aliphatic hydroxyl groups excluding tert-OH is 1. The topological polar surface area (TPSA) is 102 Å². The van der Waals surface area contributed by atoms with Crippen molar-refractivity contribution in [2.45, 2.75) is 25.7 Å². The molecule has 0 bridgehead atoms. The van der Waals surface area contributed by atoms with Crippen LogP contribution >= 0.6 is 0 Å². The van der Waals surface area contributed by atoms with Crippen molar-refractivity contribution in [1.82, 2.24) is 4.90 Å². The molecule has 0 aromatic heterocycles. The molecule has 2 atom stereocenters. The Hall–Kier alpha value is -1.70. The Balaban J connectivity index is 2.06. The zero-order chi connectivity index (χ0) is 14.7. The Kier molecular flexibility index (Phi) is 4.53. The lowest BCUT2D eigenvalue weighted by molar-refractivity contribution is -0.383. The molecule has 1 aromatic rings. The average molecular weight is 281 g/mol. The summed E-state index contributed by atoms with van der Waals surface area (Å²) >= 11 is 0. The van der Waals surface area contributed by atoms with E-state index in [1.54, 1.807) is 12.1 Å². The molecule has 1 aliphatic heterocycles. The number of nitrogens with zero attached hydrogens (tertiary/aromatic N) is 2. The van der Waals surface area contributed by atoms with Crippen molar-refractivity contribution in [3.63, 3.8) is 0 Å². The van der Waals surface area contributed by atoms with Crippen molar-refractivity contribution in [2.75, 3.05) is 25.4 Å². The zero-order valence-corrected chi connectivity index (χ0v) is 11.4. The highest BCUT2D eigenvalue weighted by atomic mass is 16.6. The molecular weight excluding hydrogens is 262 g/mol. The minimum Gasteiger partial charge on any atom is -0.394 e.